The fourth-order valence-corrected chi connectivity index (χ4v) is 2.99. The van der Waals surface area contributed by atoms with Crippen LogP contribution in [0.1, 0.15) is 11.3 Å². The van der Waals surface area contributed by atoms with Crippen molar-refractivity contribution in [2.24, 2.45) is 5.73 Å². The Kier molecular flexibility index (Phi) is 5.27. The number of benzene rings is 1. The van der Waals surface area contributed by atoms with Crippen LogP contribution in [0.3, 0.4) is 0 Å². The molecule has 112 valence electrons. The van der Waals surface area contributed by atoms with E-state index in [1.165, 1.54) is 17.4 Å². The Morgan fingerprint density at radius 1 is 1.52 bits per heavy atom. The van der Waals surface area contributed by atoms with Crippen LogP contribution in [0, 0.1) is 5.82 Å². The molecule has 0 spiro atoms. The average molecular weight is 328 g/mol. The first kappa shape index (κ1) is 15.9. The molecule has 1 aromatic carbocycles. The van der Waals surface area contributed by atoms with Gasteiger partial charge in [-0.05, 0) is 25.2 Å². The van der Waals surface area contributed by atoms with Gasteiger partial charge in [0.25, 0.3) is 0 Å². The maximum Gasteiger partial charge on any atom is 0.231 e. The van der Waals surface area contributed by atoms with Gasteiger partial charge in [0, 0.05) is 23.1 Å². The zero-order valence-electron chi connectivity index (χ0n) is 11.5. The molecule has 0 saturated heterocycles. The monoisotopic (exact) mass is 327 g/mol. The molecule has 4 nitrogen and oxygen atoms in total. The number of likely N-dealkylation sites (N-methyl/N-ethyl adjacent to an activating group) is 1. The highest BCUT2D eigenvalue weighted by molar-refractivity contribution is 7.13. The number of halogens is 2. The summed E-state index contributed by atoms with van der Waals surface area (Å²) in [5.41, 5.74) is 7.26. The first-order valence-electron chi connectivity index (χ1n) is 6.25. The van der Waals surface area contributed by atoms with Crippen LogP contribution in [0.4, 0.5) is 4.39 Å². The van der Waals surface area contributed by atoms with E-state index in [0.29, 0.717) is 18.0 Å². The van der Waals surface area contributed by atoms with Crippen LogP contribution >= 0.6 is 22.9 Å². The van der Waals surface area contributed by atoms with Crippen molar-refractivity contribution >= 4 is 28.8 Å². The second-order valence-electron chi connectivity index (χ2n) is 4.72. The van der Waals surface area contributed by atoms with Crippen molar-refractivity contribution in [3.05, 3.63) is 40.7 Å². The molecular weight excluding hydrogens is 313 g/mol. The molecule has 0 saturated carbocycles. The van der Waals surface area contributed by atoms with Crippen molar-refractivity contribution in [3.63, 3.8) is 0 Å². The van der Waals surface area contributed by atoms with Gasteiger partial charge in [0.1, 0.15) is 10.8 Å². The Hall–Kier alpha value is -1.50. The summed E-state index contributed by atoms with van der Waals surface area (Å²) in [6.07, 6.45) is 0. The number of aromatic nitrogens is 1. The predicted molar refractivity (Wildman–Crippen MR) is 82.6 cm³/mol. The van der Waals surface area contributed by atoms with Crippen LogP contribution in [0.15, 0.2) is 23.6 Å². The molecule has 0 atom stereocenters. The molecule has 1 heterocycles. The fraction of sp³-hybridized carbons (Fsp3) is 0.286. The SMILES string of the molecule is CN(CC(N)=O)Cc1cc(-c2nc(CCl)cs2)ccc1F. The molecule has 2 N–H and O–H groups in total. The summed E-state index contributed by atoms with van der Waals surface area (Å²) in [6.45, 7) is 0.383. The molecule has 1 amide bonds. The van der Waals surface area contributed by atoms with Crippen molar-refractivity contribution in [3.8, 4) is 10.6 Å². The number of rotatable bonds is 6. The maximum absolute atomic E-state index is 13.9. The fourth-order valence-electron chi connectivity index (χ4n) is 1.94. The second-order valence-corrected chi connectivity index (χ2v) is 5.85. The molecule has 0 unspecified atom stereocenters. The molecule has 0 aliphatic heterocycles. The van der Waals surface area contributed by atoms with Gasteiger partial charge in [0.2, 0.25) is 5.91 Å². The highest BCUT2D eigenvalue weighted by Gasteiger charge is 2.11. The van der Waals surface area contributed by atoms with Crippen LogP contribution in [-0.4, -0.2) is 29.4 Å². The van der Waals surface area contributed by atoms with E-state index in [2.05, 4.69) is 4.98 Å². The molecule has 21 heavy (non-hydrogen) atoms. The average Bonchev–Trinajstić information content (AvgIpc) is 2.89. The van der Waals surface area contributed by atoms with E-state index in [1.807, 2.05) is 5.38 Å². The molecule has 1 aromatic heterocycles. The highest BCUT2D eigenvalue weighted by Crippen LogP contribution is 2.26. The van der Waals surface area contributed by atoms with Crippen LogP contribution < -0.4 is 5.73 Å². The zero-order chi connectivity index (χ0) is 15.4. The van der Waals surface area contributed by atoms with Crippen molar-refractivity contribution in [2.75, 3.05) is 13.6 Å². The molecule has 2 aromatic rings. The van der Waals surface area contributed by atoms with E-state index in [1.54, 1.807) is 24.1 Å². The van der Waals surface area contributed by atoms with Crippen LogP contribution in [0.25, 0.3) is 10.6 Å². The normalized spacial score (nSPS) is 11.0. The zero-order valence-corrected chi connectivity index (χ0v) is 13.0. The molecule has 0 aliphatic carbocycles. The molecular formula is C14H15ClFN3OS. The Bertz CT molecular complexity index is 647. The molecule has 0 bridgehead atoms. The topological polar surface area (TPSA) is 59.2 Å². The number of amides is 1. The second kappa shape index (κ2) is 6.98. The van der Waals surface area contributed by atoms with E-state index < -0.39 is 5.91 Å². The van der Waals surface area contributed by atoms with E-state index >= 15 is 0 Å². The van der Waals surface area contributed by atoms with Crippen molar-refractivity contribution in [1.29, 1.82) is 0 Å². The standard InChI is InChI=1S/C14H15ClFN3OS/c1-19(7-13(17)20)6-10-4-9(2-3-12(10)16)14-18-11(5-15)8-21-14/h2-4,8H,5-7H2,1H3,(H2,17,20). The van der Waals surface area contributed by atoms with E-state index in [9.17, 15) is 9.18 Å². The van der Waals surface area contributed by atoms with Crippen molar-refractivity contribution < 1.29 is 9.18 Å². The number of hydrogen-bond acceptors (Lipinski definition) is 4. The summed E-state index contributed by atoms with van der Waals surface area (Å²) < 4.78 is 13.9. The number of carbonyl (C=O) groups excluding carboxylic acids is 1. The third kappa shape index (κ3) is 4.23. The minimum atomic E-state index is -0.444. The van der Waals surface area contributed by atoms with Gasteiger partial charge in [-0.3, -0.25) is 9.69 Å². The lowest BCUT2D eigenvalue weighted by Crippen LogP contribution is -2.30. The predicted octanol–water partition coefficient (Wildman–Crippen LogP) is 2.61. The molecule has 7 heteroatoms. The van der Waals surface area contributed by atoms with Crippen LogP contribution in [-0.2, 0) is 17.2 Å². The first-order valence-corrected chi connectivity index (χ1v) is 7.67. The van der Waals surface area contributed by atoms with Gasteiger partial charge in [-0.2, -0.15) is 0 Å². The summed E-state index contributed by atoms with van der Waals surface area (Å²) in [5.74, 6) is -0.406. The number of nitrogens with two attached hydrogens (primary N) is 1. The van der Waals surface area contributed by atoms with Gasteiger partial charge < -0.3 is 5.73 Å². The molecule has 0 fully saturated rings. The molecule has 0 aliphatic rings. The van der Waals surface area contributed by atoms with Crippen LogP contribution in [0.2, 0.25) is 0 Å². The lowest BCUT2D eigenvalue weighted by Gasteiger charge is -2.15. The van der Waals surface area contributed by atoms with Crippen molar-refractivity contribution in [1.82, 2.24) is 9.88 Å². The Labute approximate surface area is 131 Å². The minimum Gasteiger partial charge on any atom is -0.369 e. The van der Waals surface area contributed by atoms with Crippen molar-refractivity contribution in [2.45, 2.75) is 12.4 Å². The summed E-state index contributed by atoms with van der Waals surface area (Å²) in [7, 11) is 1.71. The van der Waals surface area contributed by atoms with Gasteiger partial charge in [-0.1, -0.05) is 0 Å². The summed E-state index contributed by atoms with van der Waals surface area (Å²) >= 11 is 7.20. The quantitative estimate of drug-likeness (QED) is 0.830. The molecule has 2 rings (SSSR count). The van der Waals surface area contributed by atoms with E-state index in [4.69, 9.17) is 17.3 Å². The van der Waals surface area contributed by atoms with Crippen LogP contribution in [0.5, 0.6) is 0 Å². The Balaban J connectivity index is 2.22. The smallest absolute Gasteiger partial charge is 0.231 e. The number of primary amides is 1. The molecule has 0 radical (unpaired) electrons. The summed E-state index contributed by atoms with van der Waals surface area (Å²) in [5, 5.41) is 2.68. The van der Waals surface area contributed by atoms with Gasteiger partial charge in [-0.25, -0.2) is 9.37 Å². The summed E-state index contributed by atoms with van der Waals surface area (Å²) in [4.78, 5) is 16.9. The number of alkyl halides is 1. The minimum absolute atomic E-state index is 0.0807. The third-order valence-corrected chi connectivity index (χ3v) is 4.06. The number of hydrogen-bond donors (Lipinski definition) is 1. The number of thiazole rings is 1. The number of nitrogens with zero attached hydrogens (tertiary/aromatic N) is 2. The lowest BCUT2D eigenvalue weighted by molar-refractivity contribution is -0.118. The van der Waals surface area contributed by atoms with Gasteiger partial charge in [0.05, 0.1) is 18.1 Å². The van der Waals surface area contributed by atoms with Gasteiger partial charge in [-0.15, -0.1) is 22.9 Å². The largest absolute Gasteiger partial charge is 0.369 e. The maximum atomic E-state index is 13.9. The van der Waals surface area contributed by atoms with Gasteiger partial charge in [0.15, 0.2) is 0 Å². The van der Waals surface area contributed by atoms with E-state index in [0.717, 1.165) is 16.3 Å². The highest BCUT2D eigenvalue weighted by atomic mass is 35.5. The van der Waals surface area contributed by atoms with Gasteiger partial charge >= 0.3 is 0 Å². The first-order chi connectivity index (χ1) is 9.99. The Morgan fingerprint density at radius 2 is 2.29 bits per heavy atom. The lowest BCUT2D eigenvalue weighted by atomic mass is 10.1. The third-order valence-electron chi connectivity index (χ3n) is 2.85. The summed E-state index contributed by atoms with van der Waals surface area (Å²) in [6, 6.07) is 4.83. The number of carbonyl (C=O) groups is 1. The Morgan fingerprint density at radius 3 is 2.90 bits per heavy atom. The van der Waals surface area contributed by atoms with E-state index in [-0.39, 0.29) is 12.4 Å².